The van der Waals surface area contributed by atoms with Crippen molar-refractivity contribution < 1.29 is 23.5 Å². The van der Waals surface area contributed by atoms with Crippen molar-refractivity contribution in [3.8, 4) is 11.5 Å². The molecule has 2 heterocycles. The van der Waals surface area contributed by atoms with Crippen LogP contribution in [0.3, 0.4) is 0 Å². The van der Waals surface area contributed by atoms with E-state index in [4.69, 9.17) is 13.9 Å². The molecule has 0 fully saturated rings. The second-order valence-corrected chi connectivity index (χ2v) is 6.38. The number of aromatic nitrogens is 2. The maximum Gasteiger partial charge on any atom is 0.259 e. The second-order valence-electron chi connectivity index (χ2n) is 6.38. The molecule has 0 radical (unpaired) electrons. The Kier molecular flexibility index (Phi) is 6.74. The summed E-state index contributed by atoms with van der Waals surface area (Å²) in [5, 5.41) is 6.92. The van der Waals surface area contributed by atoms with Crippen LogP contribution in [0.15, 0.2) is 53.6 Å². The number of anilines is 1. The quantitative estimate of drug-likeness (QED) is 0.580. The average Bonchev–Trinajstić information content (AvgIpc) is 3.47. The maximum absolute atomic E-state index is 13.1. The number of furan rings is 1. The molecule has 0 atom stereocenters. The molecule has 0 aliphatic carbocycles. The fourth-order valence-corrected chi connectivity index (χ4v) is 3.01. The minimum atomic E-state index is -0.389. The number of carbonyl (C=O) groups excluding carboxylic acids is 2. The van der Waals surface area contributed by atoms with Crippen molar-refractivity contribution in [1.29, 1.82) is 0 Å². The van der Waals surface area contributed by atoms with Gasteiger partial charge in [0.15, 0.2) is 11.5 Å². The summed E-state index contributed by atoms with van der Waals surface area (Å²) in [5.41, 5.74) is 1.05. The molecule has 0 aliphatic rings. The van der Waals surface area contributed by atoms with Crippen LogP contribution >= 0.6 is 0 Å². The number of likely N-dealkylation sites (N-methyl/N-ethyl adjacent to an activating group) is 1. The Bertz CT molecular complexity index is 983. The van der Waals surface area contributed by atoms with Crippen LogP contribution in [0.1, 0.15) is 27.6 Å². The van der Waals surface area contributed by atoms with Crippen molar-refractivity contribution in [1.82, 2.24) is 14.7 Å². The Morgan fingerprint density at radius 3 is 2.67 bits per heavy atom. The minimum absolute atomic E-state index is 0.190. The molecule has 158 valence electrons. The monoisotopic (exact) mass is 412 g/mol. The van der Waals surface area contributed by atoms with Gasteiger partial charge in [-0.1, -0.05) is 0 Å². The molecule has 0 saturated heterocycles. The van der Waals surface area contributed by atoms with Gasteiger partial charge >= 0.3 is 0 Å². The molecule has 30 heavy (non-hydrogen) atoms. The van der Waals surface area contributed by atoms with Gasteiger partial charge in [-0.3, -0.25) is 14.3 Å². The normalized spacial score (nSPS) is 10.5. The van der Waals surface area contributed by atoms with Crippen LogP contribution in [0, 0.1) is 0 Å². The Morgan fingerprint density at radius 1 is 1.23 bits per heavy atom. The topological polar surface area (TPSA) is 98.8 Å². The summed E-state index contributed by atoms with van der Waals surface area (Å²) in [4.78, 5) is 27.3. The van der Waals surface area contributed by atoms with E-state index in [9.17, 15) is 9.59 Å². The molecule has 0 bridgehead atoms. The number of rotatable bonds is 9. The summed E-state index contributed by atoms with van der Waals surface area (Å²) in [6.45, 7) is 3.49. The first-order valence-electron chi connectivity index (χ1n) is 9.43. The fourth-order valence-electron chi connectivity index (χ4n) is 3.01. The van der Waals surface area contributed by atoms with E-state index in [0.717, 1.165) is 0 Å². The number of carbonyl (C=O) groups is 2. The molecule has 0 unspecified atom stereocenters. The summed E-state index contributed by atoms with van der Waals surface area (Å²) in [6.07, 6.45) is 6.28. The third kappa shape index (κ3) is 4.62. The highest BCUT2D eigenvalue weighted by Crippen LogP contribution is 2.37. The van der Waals surface area contributed by atoms with Crippen LogP contribution in [-0.4, -0.2) is 53.8 Å². The predicted molar refractivity (Wildman–Crippen MR) is 110 cm³/mol. The largest absolute Gasteiger partial charge is 0.493 e. The van der Waals surface area contributed by atoms with Crippen molar-refractivity contribution in [2.75, 3.05) is 32.6 Å². The van der Waals surface area contributed by atoms with E-state index in [1.165, 1.54) is 26.7 Å². The molecule has 2 amide bonds. The first kappa shape index (κ1) is 21.0. The molecule has 1 aromatic carbocycles. The van der Waals surface area contributed by atoms with Gasteiger partial charge in [0.05, 0.1) is 38.3 Å². The van der Waals surface area contributed by atoms with Crippen LogP contribution in [0.25, 0.3) is 0 Å². The molecular formula is C21H24N4O5. The third-order valence-corrected chi connectivity index (χ3v) is 4.58. The van der Waals surface area contributed by atoms with E-state index >= 15 is 0 Å². The minimum Gasteiger partial charge on any atom is -0.493 e. The van der Waals surface area contributed by atoms with E-state index in [1.54, 1.807) is 34.0 Å². The molecule has 9 nitrogen and oxygen atoms in total. The highest BCUT2D eigenvalue weighted by atomic mass is 16.5. The standard InChI is InChI=1S/C21H24N4O5/c1-4-24(9-10-25-8-5-7-22-25)21(27)16-12-17(19(29-3)18(13-16)28-2)23-20(26)15-6-11-30-14-15/h5-8,11-14H,4,9-10H2,1-3H3,(H,23,26). The van der Waals surface area contributed by atoms with E-state index in [-0.39, 0.29) is 11.8 Å². The van der Waals surface area contributed by atoms with Gasteiger partial charge < -0.3 is 24.1 Å². The van der Waals surface area contributed by atoms with Crippen molar-refractivity contribution in [3.63, 3.8) is 0 Å². The smallest absolute Gasteiger partial charge is 0.259 e. The lowest BCUT2D eigenvalue weighted by Crippen LogP contribution is -2.34. The van der Waals surface area contributed by atoms with Crippen LogP contribution in [-0.2, 0) is 6.54 Å². The van der Waals surface area contributed by atoms with Gasteiger partial charge in [-0.05, 0) is 31.2 Å². The van der Waals surface area contributed by atoms with Gasteiger partial charge in [0.1, 0.15) is 6.26 Å². The van der Waals surface area contributed by atoms with E-state index < -0.39 is 0 Å². The zero-order chi connectivity index (χ0) is 21.5. The highest BCUT2D eigenvalue weighted by molar-refractivity contribution is 6.06. The molecule has 1 N–H and O–H groups in total. The lowest BCUT2D eigenvalue weighted by atomic mass is 10.1. The number of hydrogen-bond donors (Lipinski definition) is 1. The Balaban J connectivity index is 1.87. The first-order valence-corrected chi connectivity index (χ1v) is 9.43. The van der Waals surface area contributed by atoms with E-state index in [0.29, 0.717) is 47.9 Å². The average molecular weight is 412 g/mol. The zero-order valence-electron chi connectivity index (χ0n) is 17.1. The SMILES string of the molecule is CCN(CCn1cccn1)C(=O)c1cc(NC(=O)c2ccoc2)c(OC)c(OC)c1. The number of methoxy groups -OCH3 is 2. The van der Waals surface area contributed by atoms with Crippen molar-refractivity contribution in [3.05, 3.63) is 60.3 Å². The summed E-state index contributed by atoms with van der Waals surface area (Å²) in [7, 11) is 2.94. The van der Waals surface area contributed by atoms with E-state index in [1.807, 2.05) is 19.2 Å². The fraction of sp³-hybridized carbons (Fsp3) is 0.286. The summed E-state index contributed by atoms with van der Waals surface area (Å²) in [5.74, 6) is 0.0867. The van der Waals surface area contributed by atoms with Crippen LogP contribution in [0.4, 0.5) is 5.69 Å². The van der Waals surface area contributed by atoms with Crippen molar-refractivity contribution in [2.24, 2.45) is 0 Å². The van der Waals surface area contributed by atoms with Crippen LogP contribution in [0.2, 0.25) is 0 Å². The van der Waals surface area contributed by atoms with E-state index in [2.05, 4.69) is 10.4 Å². The number of nitrogens with one attached hydrogen (secondary N) is 1. The van der Waals surface area contributed by atoms with Crippen LogP contribution in [0.5, 0.6) is 11.5 Å². The van der Waals surface area contributed by atoms with Gasteiger partial charge in [0.25, 0.3) is 11.8 Å². The molecule has 0 spiro atoms. The van der Waals surface area contributed by atoms with Gasteiger partial charge in [0, 0.05) is 31.0 Å². The number of ether oxygens (including phenoxy) is 2. The Hall–Kier alpha value is -3.75. The number of nitrogens with zero attached hydrogens (tertiary/aromatic N) is 3. The number of benzene rings is 1. The number of hydrogen-bond acceptors (Lipinski definition) is 6. The summed E-state index contributed by atoms with van der Waals surface area (Å²) >= 11 is 0. The number of amides is 2. The summed E-state index contributed by atoms with van der Waals surface area (Å²) < 4.78 is 17.5. The van der Waals surface area contributed by atoms with Crippen molar-refractivity contribution in [2.45, 2.75) is 13.5 Å². The lowest BCUT2D eigenvalue weighted by Gasteiger charge is -2.22. The first-order chi connectivity index (χ1) is 14.6. The zero-order valence-corrected chi connectivity index (χ0v) is 17.1. The van der Waals surface area contributed by atoms with Gasteiger partial charge in [-0.25, -0.2) is 0 Å². The van der Waals surface area contributed by atoms with Gasteiger partial charge in [-0.15, -0.1) is 0 Å². The Morgan fingerprint density at radius 2 is 2.07 bits per heavy atom. The maximum atomic E-state index is 13.1. The Labute approximate surface area is 174 Å². The molecular weight excluding hydrogens is 388 g/mol. The molecule has 9 heteroatoms. The van der Waals surface area contributed by atoms with Crippen LogP contribution < -0.4 is 14.8 Å². The predicted octanol–water partition coefficient (Wildman–Crippen LogP) is 2.91. The highest BCUT2D eigenvalue weighted by Gasteiger charge is 2.21. The third-order valence-electron chi connectivity index (χ3n) is 4.58. The van der Waals surface area contributed by atoms with Crippen molar-refractivity contribution >= 4 is 17.5 Å². The molecule has 2 aromatic heterocycles. The van der Waals surface area contributed by atoms with Gasteiger partial charge in [-0.2, -0.15) is 5.10 Å². The lowest BCUT2D eigenvalue weighted by molar-refractivity contribution is 0.0756. The van der Waals surface area contributed by atoms with Gasteiger partial charge in [0.2, 0.25) is 0 Å². The molecule has 0 saturated carbocycles. The molecule has 3 rings (SSSR count). The molecule has 0 aliphatic heterocycles. The summed E-state index contributed by atoms with van der Waals surface area (Å²) in [6, 6.07) is 6.56. The molecule has 3 aromatic rings. The second kappa shape index (κ2) is 9.64.